The third-order valence-corrected chi connectivity index (χ3v) is 4.16. The highest BCUT2D eigenvalue weighted by Gasteiger charge is 2.26. The largest absolute Gasteiger partial charge is 0.491 e. The zero-order valence-electron chi connectivity index (χ0n) is 13.0. The number of aliphatic hydroxyl groups is 1. The molecule has 23 heavy (non-hydrogen) atoms. The molecule has 0 bridgehead atoms. The molecule has 0 unspecified atom stereocenters. The molecule has 2 aromatic rings. The minimum absolute atomic E-state index is 0.205. The van der Waals surface area contributed by atoms with E-state index in [1.54, 1.807) is 18.3 Å². The van der Waals surface area contributed by atoms with Crippen molar-refractivity contribution in [1.29, 1.82) is 0 Å². The Bertz CT molecular complexity index is 588. The summed E-state index contributed by atoms with van der Waals surface area (Å²) in [6.07, 6.45) is 5.43. The molecule has 1 saturated heterocycles. The normalized spacial score (nSPS) is 19.8. The summed E-state index contributed by atoms with van der Waals surface area (Å²) in [7, 11) is 0. The van der Waals surface area contributed by atoms with Crippen LogP contribution in [0.15, 0.2) is 42.7 Å². The molecule has 3 rings (SSSR count). The first-order valence-corrected chi connectivity index (χ1v) is 7.98. The number of aliphatic hydroxyl groups excluding tert-OH is 1. The van der Waals surface area contributed by atoms with Gasteiger partial charge in [0.25, 0.3) is 0 Å². The Hall–Kier alpha value is -1.92. The molecule has 1 aromatic carbocycles. The standard InChI is InChI=1S/C17H22FN3O2/c18-14-4-6-17(7-5-14)23-13-16(22)12-20-9-1-3-15(20)11-21-10-2-8-19-21/h2,4-8,10,15-16,22H,1,3,9,11-13H2/t15-,16-/m0/s1. The van der Waals surface area contributed by atoms with Gasteiger partial charge in [-0.05, 0) is 49.7 Å². The number of halogens is 1. The number of hydrogen-bond donors (Lipinski definition) is 1. The fourth-order valence-corrected chi connectivity index (χ4v) is 3.01. The van der Waals surface area contributed by atoms with E-state index in [1.807, 2.05) is 16.9 Å². The predicted octanol–water partition coefficient (Wildman–Crippen LogP) is 1.93. The maximum absolute atomic E-state index is 12.8. The third kappa shape index (κ3) is 4.53. The number of β-amino-alcohol motifs (C(OH)–C–C–N with tert-alkyl or cyclic N) is 1. The van der Waals surface area contributed by atoms with Crippen molar-refractivity contribution in [3.8, 4) is 5.75 Å². The third-order valence-electron chi connectivity index (χ3n) is 4.16. The van der Waals surface area contributed by atoms with Crippen LogP contribution < -0.4 is 4.74 Å². The van der Waals surface area contributed by atoms with Gasteiger partial charge in [-0.1, -0.05) is 0 Å². The van der Waals surface area contributed by atoms with E-state index in [2.05, 4.69) is 10.00 Å². The molecular formula is C17H22FN3O2. The quantitative estimate of drug-likeness (QED) is 0.847. The van der Waals surface area contributed by atoms with E-state index in [1.165, 1.54) is 12.1 Å². The average molecular weight is 319 g/mol. The number of likely N-dealkylation sites (tertiary alicyclic amines) is 1. The van der Waals surface area contributed by atoms with Gasteiger partial charge >= 0.3 is 0 Å². The molecule has 2 atom stereocenters. The van der Waals surface area contributed by atoms with Crippen molar-refractivity contribution in [2.24, 2.45) is 0 Å². The highest BCUT2D eigenvalue weighted by atomic mass is 19.1. The van der Waals surface area contributed by atoms with Gasteiger partial charge in [0.1, 0.15) is 24.3 Å². The monoisotopic (exact) mass is 319 g/mol. The number of hydrogen-bond acceptors (Lipinski definition) is 4. The van der Waals surface area contributed by atoms with Crippen molar-refractivity contribution >= 4 is 0 Å². The van der Waals surface area contributed by atoms with Gasteiger partial charge in [-0.3, -0.25) is 9.58 Å². The lowest BCUT2D eigenvalue weighted by atomic mass is 10.2. The summed E-state index contributed by atoms with van der Waals surface area (Å²) in [5, 5.41) is 14.5. The SMILES string of the molecule is O[C@H](COc1ccc(F)cc1)CN1CCC[C@H]1Cn1cccn1. The zero-order chi connectivity index (χ0) is 16.1. The Morgan fingerprint density at radius 2 is 2.17 bits per heavy atom. The van der Waals surface area contributed by atoms with Crippen molar-refractivity contribution in [2.75, 3.05) is 19.7 Å². The van der Waals surface area contributed by atoms with Gasteiger partial charge in [0.15, 0.2) is 0 Å². The summed E-state index contributed by atoms with van der Waals surface area (Å²) in [5.74, 6) is 0.274. The molecule has 1 aliphatic heterocycles. The first kappa shape index (κ1) is 16.0. The molecule has 0 saturated carbocycles. The van der Waals surface area contributed by atoms with Crippen LogP contribution >= 0.6 is 0 Å². The van der Waals surface area contributed by atoms with Gasteiger partial charge in [0, 0.05) is 25.0 Å². The summed E-state index contributed by atoms with van der Waals surface area (Å²) in [6, 6.07) is 8.15. The lowest BCUT2D eigenvalue weighted by Crippen LogP contribution is -2.40. The topological polar surface area (TPSA) is 50.5 Å². The Balaban J connectivity index is 1.46. The first-order chi connectivity index (χ1) is 11.2. The van der Waals surface area contributed by atoms with Crippen LogP contribution in [0, 0.1) is 5.82 Å². The highest BCUT2D eigenvalue weighted by molar-refractivity contribution is 5.22. The van der Waals surface area contributed by atoms with E-state index in [4.69, 9.17) is 4.74 Å². The van der Waals surface area contributed by atoms with E-state index in [0.717, 1.165) is 25.9 Å². The van der Waals surface area contributed by atoms with Gasteiger partial charge < -0.3 is 9.84 Å². The maximum Gasteiger partial charge on any atom is 0.123 e. The van der Waals surface area contributed by atoms with Crippen molar-refractivity contribution in [2.45, 2.75) is 31.5 Å². The van der Waals surface area contributed by atoms with Gasteiger partial charge in [-0.25, -0.2) is 4.39 Å². The molecule has 0 spiro atoms. The molecule has 0 radical (unpaired) electrons. The van der Waals surface area contributed by atoms with Gasteiger partial charge in [0.2, 0.25) is 0 Å². The molecule has 0 aliphatic carbocycles. The lowest BCUT2D eigenvalue weighted by Gasteiger charge is -2.26. The van der Waals surface area contributed by atoms with Crippen LogP contribution in [0.1, 0.15) is 12.8 Å². The van der Waals surface area contributed by atoms with Crippen molar-refractivity contribution in [3.05, 3.63) is 48.5 Å². The number of nitrogens with zero attached hydrogens (tertiary/aromatic N) is 3. The number of aromatic nitrogens is 2. The van der Waals surface area contributed by atoms with Crippen LogP contribution in [0.3, 0.4) is 0 Å². The minimum Gasteiger partial charge on any atom is -0.491 e. The molecular weight excluding hydrogens is 297 g/mol. The Morgan fingerprint density at radius 1 is 1.35 bits per heavy atom. The summed E-state index contributed by atoms with van der Waals surface area (Å²) < 4.78 is 20.3. The van der Waals surface area contributed by atoms with E-state index >= 15 is 0 Å². The van der Waals surface area contributed by atoms with E-state index in [9.17, 15) is 9.50 Å². The summed E-state index contributed by atoms with van der Waals surface area (Å²) in [4.78, 5) is 2.29. The average Bonchev–Trinajstić information content (AvgIpc) is 3.20. The van der Waals surface area contributed by atoms with Crippen LogP contribution in [-0.2, 0) is 6.54 Å². The number of benzene rings is 1. The predicted molar refractivity (Wildman–Crippen MR) is 84.7 cm³/mol. The van der Waals surface area contributed by atoms with Crippen molar-refractivity contribution in [1.82, 2.24) is 14.7 Å². The summed E-state index contributed by atoms with van der Waals surface area (Å²) >= 11 is 0. The molecule has 1 N–H and O–H groups in total. The minimum atomic E-state index is -0.571. The van der Waals surface area contributed by atoms with Crippen LogP contribution in [0.5, 0.6) is 5.75 Å². The maximum atomic E-state index is 12.8. The van der Waals surface area contributed by atoms with E-state index in [-0.39, 0.29) is 12.4 Å². The molecule has 2 heterocycles. The van der Waals surface area contributed by atoms with Crippen LogP contribution in [0.2, 0.25) is 0 Å². The second-order valence-electron chi connectivity index (χ2n) is 5.94. The van der Waals surface area contributed by atoms with Crippen molar-refractivity contribution in [3.63, 3.8) is 0 Å². The molecule has 1 aliphatic rings. The molecule has 0 amide bonds. The molecule has 124 valence electrons. The highest BCUT2D eigenvalue weighted by Crippen LogP contribution is 2.19. The zero-order valence-corrected chi connectivity index (χ0v) is 13.0. The second kappa shape index (κ2) is 7.57. The van der Waals surface area contributed by atoms with Gasteiger partial charge in [-0.2, -0.15) is 5.10 Å². The van der Waals surface area contributed by atoms with Crippen LogP contribution in [-0.4, -0.2) is 51.6 Å². The Kier molecular flexibility index (Phi) is 5.25. The number of rotatable bonds is 7. The van der Waals surface area contributed by atoms with Gasteiger partial charge in [-0.15, -0.1) is 0 Å². The van der Waals surface area contributed by atoms with Crippen LogP contribution in [0.4, 0.5) is 4.39 Å². The van der Waals surface area contributed by atoms with E-state index in [0.29, 0.717) is 18.3 Å². The Morgan fingerprint density at radius 3 is 2.91 bits per heavy atom. The molecule has 6 heteroatoms. The van der Waals surface area contributed by atoms with Gasteiger partial charge in [0.05, 0.1) is 6.54 Å². The molecule has 5 nitrogen and oxygen atoms in total. The summed E-state index contributed by atoms with van der Waals surface area (Å²) in [5.41, 5.74) is 0. The smallest absolute Gasteiger partial charge is 0.123 e. The fraction of sp³-hybridized carbons (Fsp3) is 0.471. The van der Waals surface area contributed by atoms with Crippen LogP contribution in [0.25, 0.3) is 0 Å². The number of ether oxygens (including phenoxy) is 1. The Labute approximate surface area is 135 Å². The molecule has 1 aromatic heterocycles. The van der Waals surface area contributed by atoms with E-state index < -0.39 is 6.10 Å². The van der Waals surface area contributed by atoms with Crippen molar-refractivity contribution < 1.29 is 14.2 Å². The molecule has 1 fully saturated rings. The summed E-state index contributed by atoms with van der Waals surface area (Å²) in [6.45, 7) is 2.61. The lowest BCUT2D eigenvalue weighted by molar-refractivity contribution is 0.0609. The fourth-order valence-electron chi connectivity index (χ4n) is 3.01. The second-order valence-corrected chi connectivity index (χ2v) is 5.94. The first-order valence-electron chi connectivity index (χ1n) is 7.98.